The minimum absolute atomic E-state index is 1.18. The summed E-state index contributed by atoms with van der Waals surface area (Å²) in [7, 11) is 2.04. The molecule has 0 radical (unpaired) electrons. The van der Waals surface area contributed by atoms with E-state index in [2.05, 4.69) is 38.2 Å². The van der Waals surface area contributed by atoms with Crippen molar-refractivity contribution in [3.05, 3.63) is 46.4 Å². The first-order chi connectivity index (χ1) is 6.79. The zero-order valence-electron chi connectivity index (χ0n) is 7.81. The summed E-state index contributed by atoms with van der Waals surface area (Å²) in [6, 6.07) is 8.17. The van der Waals surface area contributed by atoms with Gasteiger partial charge >= 0.3 is 0 Å². The SMILES string of the molecule is C[n+]1ccccc1-c1cnccc1I. The molecule has 14 heavy (non-hydrogen) atoms. The maximum absolute atomic E-state index is 4.14. The molecule has 0 aromatic carbocycles. The van der Waals surface area contributed by atoms with E-state index in [4.69, 9.17) is 0 Å². The highest BCUT2D eigenvalue weighted by Crippen LogP contribution is 2.20. The summed E-state index contributed by atoms with van der Waals surface area (Å²) in [4.78, 5) is 4.14. The largest absolute Gasteiger partial charge is 0.264 e. The second-order valence-corrected chi connectivity index (χ2v) is 4.21. The van der Waals surface area contributed by atoms with Crippen LogP contribution < -0.4 is 4.57 Å². The fourth-order valence-electron chi connectivity index (χ4n) is 1.37. The Balaban J connectivity index is 2.61. The summed E-state index contributed by atoms with van der Waals surface area (Å²) in [6.07, 6.45) is 5.75. The first-order valence-corrected chi connectivity index (χ1v) is 5.41. The van der Waals surface area contributed by atoms with Gasteiger partial charge in [-0.1, -0.05) is 0 Å². The van der Waals surface area contributed by atoms with Crippen molar-refractivity contribution in [2.24, 2.45) is 7.05 Å². The number of aromatic nitrogens is 2. The predicted molar refractivity (Wildman–Crippen MR) is 63.6 cm³/mol. The van der Waals surface area contributed by atoms with Crippen molar-refractivity contribution in [1.29, 1.82) is 0 Å². The van der Waals surface area contributed by atoms with Gasteiger partial charge in [0, 0.05) is 28.1 Å². The van der Waals surface area contributed by atoms with Crippen molar-refractivity contribution in [3.8, 4) is 11.3 Å². The Morgan fingerprint density at radius 1 is 1.29 bits per heavy atom. The van der Waals surface area contributed by atoms with E-state index < -0.39 is 0 Å². The molecule has 0 saturated carbocycles. The molecule has 0 amide bonds. The molecule has 0 aliphatic rings. The first kappa shape index (κ1) is 9.58. The van der Waals surface area contributed by atoms with E-state index in [-0.39, 0.29) is 0 Å². The van der Waals surface area contributed by atoms with Gasteiger partial charge in [0.2, 0.25) is 5.69 Å². The van der Waals surface area contributed by atoms with Crippen LogP contribution in [0.5, 0.6) is 0 Å². The van der Waals surface area contributed by atoms with Gasteiger partial charge in [-0.25, -0.2) is 4.57 Å². The fourth-order valence-corrected chi connectivity index (χ4v) is 1.95. The second-order valence-electron chi connectivity index (χ2n) is 3.05. The molecular formula is C11H10IN2+. The first-order valence-electron chi connectivity index (χ1n) is 4.33. The summed E-state index contributed by atoms with van der Waals surface area (Å²) in [6.45, 7) is 0. The van der Waals surface area contributed by atoms with Crippen molar-refractivity contribution in [2.45, 2.75) is 0 Å². The van der Waals surface area contributed by atoms with Gasteiger partial charge in [0.25, 0.3) is 0 Å². The molecule has 70 valence electrons. The van der Waals surface area contributed by atoms with E-state index in [1.165, 1.54) is 14.8 Å². The molecule has 0 spiro atoms. The van der Waals surface area contributed by atoms with Gasteiger partial charge in [-0.15, -0.1) is 0 Å². The van der Waals surface area contributed by atoms with Gasteiger partial charge in [0.15, 0.2) is 6.20 Å². The third-order valence-corrected chi connectivity index (χ3v) is 3.04. The van der Waals surface area contributed by atoms with Crippen LogP contribution >= 0.6 is 22.6 Å². The van der Waals surface area contributed by atoms with Crippen LogP contribution in [-0.4, -0.2) is 4.98 Å². The third-order valence-electron chi connectivity index (χ3n) is 2.10. The summed E-state index contributed by atoms with van der Waals surface area (Å²) in [5.74, 6) is 0. The third kappa shape index (κ3) is 1.77. The molecule has 3 heteroatoms. The number of nitrogens with zero attached hydrogens (tertiary/aromatic N) is 2. The molecule has 2 rings (SSSR count). The van der Waals surface area contributed by atoms with Crippen molar-refractivity contribution in [3.63, 3.8) is 0 Å². The lowest BCUT2D eigenvalue weighted by molar-refractivity contribution is -0.660. The molecule has 0 aliphatic heterocycles. The molecule has 0 atom stereocenters. The molecule has 0 saturated heterocycles. The lowest BCUT2D eigenvalue weighted by Crippen LogP contribution is -2.30. The van der Waals surface area contributed by atoms with Gasteiger partial charge in [-0.3, -0.25) is 4.98 Å². The standard InChI is InChI=1S/C11H10IN2/c1-14-7-3-2-4-11(14)9-8-13-6-5-10(9)12/h2-8H,1H3/q+1. The molecule has 2 heterocycles. The van der Waals surface area contributed by atoms with Crippen LogP contribution in [0.4, 0.5) is 0 Å². The van der Waals surface area contributed by atoms with E-state index in [0.29, 0.717) is 0 Å². The topological polar surface area (TPSA) is 16.8 Å². The van der Waals surface area contributed by atoms with E-state index in [9.17, 15) is 0 Å². The Labute approximate surface area is 96.8 Å². The van der Waals surface area contributed by atoms with Crippen LogP contribution in [0, 0.1) is 3.57 Å². The molecule has 0 fully saturated rings. The number of rotatable bonds is 1. The van der Waals surface area contributed by atoms with Crippen LogP contribution in [0.3, 0.4) is 0 Å². The van der Waals surface area contributed by atoms with Crippen LogP contribution in [0.15, 0.2) is 42.9 Å². The zero-order valence-corrected chi connectivity index (χ0v) is 9.97. The highest BCUT2D eigenvalue weighted by molar-refractivity contribution is 14.1. The quantitative estimate of drug-likeness (QED) is 0.582. The molecule has 0 N–H and O–H groups in total. The van der Waals surface area contributed by atoms with Gasteiger partial charge < -0.3 is 0 Å². The highest BCUT2D eigenvalue weighted by Gasteiger charge is 2.10. The molecule has 2 aromatic heterocycles. The number of halogens is 1. The van der Waals surface area contributed by atoms with Crippen LogP contribution in [0.2, 0.25) is 0 Å². The average molecular weight is 297 g/mol. The van der Waals surface area contributed by atoms with Crippen molar-refractivity contribution >= 4 is 22.6 Å². The van der Waals surface area contributed by atoms with E-state index in [1.807, 2.05) is 43.8 Å². The fraction of sp³-hybridized carbons (Fsp3) is 0.0909. The summed E-state index contributed by atoms with van der Waals surface area (Å²) < 4.78 is 3.32. The van der Waals surface area contributed by atoms with Crippen LogP contribution in [0.25, 0.3) is 11.3 Å². The second kappa shape index (κ2) is 4.04. The van der Waals surface area contributed by atoms with E-state index in [1.54, 1.807) is 0 Å². The lowest BCUT2D eigenvalue weighted by atomic mass is 10.2. The molecule has 0 unspecified atom stereocenters. The smallest absolute Gasteiger partial charge is 0.214 e. The number of hydrogen-bond donors (Lipinski definition) is 0. The normalized spacial score (nSPS) is 10.1. The summed E-state index contributed by atoms with van der Waals surface area (Å²) in [5, 5.41) is 0. The average Bonchev–Trinajstić information content (AvgIpc) is 2.20. The van der Waals surface area contributed by atoms with Gasteiger partial charge in [-0.2, -0.15) is 0 Å². The van der Waals surface area contributed by atoms with Crippen molar-refractivity contribution in [2.75, 3.05) is 0 Å². The summed E-state index contributed by atoms with van der Waals surface area (Å²) >= 11 is 2.33. The lowest BCUT2D eigenvalue weighted by Gasteiger charge is -2.00. The van der Waals surface area contributed by atoms with E-state index >= 15 is 0 Å². The number of hydrogen-bond acceptors (Lipinski definition) is 1. The number of pyridine rings is 2. The minimum atomic E-state index is 1.18. The van der Waals surface area contributed by atoms with Gasteiger partial charge in [-0.05, 0) is 34.7 Å². The molecule has 0 bridgehead atoms. The molecule has 0 aliphatic carbocycles. The monoisotopic (exact) mass is 297 g/mol. The minimum Gasteiger partial charge on any atom is -0.264 e. The van der Waals surface area contributed by atoms with Gasteiger partial charge in [0.1, 0.15) is 7.05 Å². The van der Waals surface area contributed by atoms with E-state index in [0.717, 1.165) is 0 Å². The van der Waals surface area contributed by atoms with Crippen molar-refractivity contribution < 1.29 is 4.57 Å². The zero-order chi connectivity index (χ0) is 9.97. The molecular weight excluding hydrogens is 287 g/mol. The Bertz CT molecular complexity index is 411. The summed E-state index contributed by atoms with van der Waals surface area (Å²) in [5.41, 5.74) is 2.36. The highest BCUT2D eigenvalue weighted by atomic mass is 127. The van der Waals surface area contributed by atoms with Gasteiger partial charge in [0.05, 0.1) is 5.56 Å². The Hall–Kier alpha value is -0.970. The molecule has 2 aromatic rings. The van der Waals surface area contributed by atoms with Crippen molar-refractivity contribution in [1.82, 2.24) is 4.98 Å². The Kier molecular flexibility index (Phi) is 2.77. The van der Waals surface area contributed by atoms with Crippen LogP contribution in [0.1, 0.15) is 0 Å². The van der Waals surface area contributed by atoms with Crippen LogP contribution in [-0.2, 0) is 7.05 Å². The maximum Gasteiger partial charge on any atom is 0.214 e. The Morgan fingerprint density at radius 3 is 2.86 bits per heavy atom. The predicted octanol–water partition coefficient (Wildman–Crippen LogP) is 2.18. The number of aryl methyl sites for hydroxylation is 1. The molecule has 2 nitrogen and oxygen atoms in total. The maximum atomic E-state index is 4.14. The Morgan fingerprint density at radius 2 is 2.14 bits per heavy atom.